The van der Waals surface area contributed by atoms with Gasteiger partial charge in [0.05, 0.1) is 12.1 Å². The number of carbonyl (C=O) groups excluding carboxylic acids is 2. The van der Waals surface area contributed by atoms with E-state index in [1.165, 1.54) is 0 Å². The van der Waals surface area contributed by atoms with E-state index < -0.39 is 12.1 Å². The molecule has 1 saturated heterocycles. The first-order valence-corrected chi connectivity index (χ1v) is 10.9. The summed E-state index contributed by atoms with van der Waals surface area (Å²) in [6, 6.07) is 15.9. The Morgan fingerprint density at radius 3 is 2.53 bits per heavy atom. The Bertz CT molecular complexity index is 1030. The van der Waals surface area contributed by atoms with E-state index in [1.807, 2.05) is 55.5 Å². The smallest absolute Gasteiger partial charge is 0.246 e. The molecular weight excluding hydrogens is 406 g/mol. The second kappa shape index (κ2) is 9.31. The molecule has 2 aromatic rings. The number of likely N-dealkylation sites (N-methyl/N-ethyl adjacent to an activating group) is 1. The Labute approximate surface area is 188 Å². The number of nitriles is 1. The van der Waals surface area contributed by atoms with E-state index in [0.717, 1.165) is 11.1 Å². The summed E-state index contributed by atoms with van der Waals surface area (Å²) in [6.45, 7) is 2.17. The summed E-state index contributed by atoms with van der Waals surface area (Å²) in [4.78, 5) is 30.5. The zero-order valence-corrected chi connectivity index (χ0v) is 18.4. The van der Waals surface area contributed by atoms with Crippen molar-refractivity contribution in [3.8, 4) is 17.6 Å². The van der Waals surface area contributed by atoms with E-state index in [0.29, 0.717) is 30.8 Å². The largest absolute Gasteiger partial charge is 0.454 e. The van der Waals surface area contributed by atoms with Crippen LogP contribution in [0.5, 0.6) is 11.5 Å². The number of amides is 2. The fourth-order valence-electron chi connectivity index (χ4n) is 4.61. The van der Waals surface area contributed by atoms with E-state index >= 15 is 0 Å². The topological polar surface area (TPSA) is 82.9 Å². The maximum Gasteiger partial charge on any atom is 0.246 e. The molecule has 2 heterocycles. The average Bonchev–Trinajstić information content (AvgIpc) is 3.29. The van der Waals surface area contributed by atoms with Gasteiger partial charge >= 0.3 is 0 Å². The van der Waals surface area contributed by atoms with Crippen LogP contribution in [0.3, 0.4) is 0 Å². The molecule has 4 rings (SSSR count). The van der Waals surface area contributed by atoms with Crippen LogP contribution in [-0.4, -0.2) is 47.5 Å². The molecule has 32 heavy (non-hydrogen) atoms. The van der Waals surface area contributed by atoms with E-state index in [-0.39, 0.29) is 31.1 Å². The third-order valence-electron chi connectivity index (χ3n) is 6.28. The van der Waals surface area contributed by atoms with Crippen molar-refractivity contribution in [2.24, 2.45) is 0 Å². The Morgan fingerprint density at radius 1 is 1.06 bits per heavy atom. The van der Waals surface area contributed by atoms with E-state index in [1.54, 1.807) is 16.8 Å². The van der Waals surface area contributed by atoms with Gasteiger partial charge in [0.25, 0.3) is 0 Å². The minimum absolute atomic E-state index is 0.0941. The Morgan fingerprint density at radius 2 is 1.81 bits per heavy atom. The fourth-order valence-corrected chi connectivity index (χ4v) is 4.61. The lowest BCUT2D eigenvalue weighted by atomic mass is 9.92. The van der Waals surface area contributed by atoms with E-state index in [9.17, 15) is 9.59 Å². The average molecular weight is 434 g/mol. The summed E-state index contributed by atoms with van der Waals surface area (Å²) in [5.41, 5.74) is 1.89. The number of fused-ring (bicyclic) bond motifs is 1. The molecule has 166 valence electrons. The van der Waals surface area contributed by atoms with Crippen molar-refractivity contribution in [1.29, 1.82) is 5.26 Å². The van der Waals surface area contributed by atoms with Crippen LogP contribution in [0.4, 0.5) is 0 Å². The van der Waals surface area contributed by atoms with Gasteiger partial charge in [-0.25, -0.2) is 0 Å². The SMILES string of the molecule is CCC(c1ccc2c(c1)OCO2)N1C(=O)C(Cc2ccccc2)N(C)C(=O)[C@@H]1CCC#N. The van der Waals surface area contributed by atoms with Crippen molar-refractivity contribution in [1.82, 2.24) is 9.80 Å². The molecule has 7 heteroatoms. The van der Waals surface area contributed by atoms with Crippen molar-refractivity contribution in [3.63, 3.8) is 0 Å². The monoisotopic (exact) mass is 433 g/mol. The zero-order chi connectivity index (χ0) is 22.7. The lowest BCUT2D eigenvalue weighted by molar-refractivity contribution is -0.163. The van der Waals surface area contributed by atoms with Gasteiger partial charge in [0, 0.05) is 19.9 Å². The van der Waals surface area contributed by atoms with Gasteiger partial charge < -0.3 is 19.3 Å². The lowest BCUT2D eigenvalue weighted by Gasteiger charge is -2.47. The van der Waals surface area contributed by atoms with E-state index in [2.05, 4.69) is 6.07 Å². The van der Waals surface area contributed by atoms with Gasteiger partial charge in [-0.15, -0.1) is 0 Å². The van der Waals surface area contributed by atoms with Gasteiger partial charge in [0.15, 0.2) is 11.5 Å². The van der Waals surface area contributed by atoms with Gasteiger partial charge in [-0.2, -0.15) is 5.26 Å². The summed E-state index contributed by atoms with van der Waals surface area (Å²) in [5.74, 6) is 1.10. The Kier molecular flexibility index (Phi) is 6.31. The predicted octanol–water partition coefficient (Wildman–Crippen LogP) is 3.45. The molecule has 0 spiro atoms. The van der Waals surface area contributed by atoms with Crippen molar-refractivity contribution in [2.75, 3.05) is 13.8 Å². The summed E-state index contributed by atoms with van der Waals surface area (Å²) in [5, 5.41) is 9.16. The highest BCUT2D eigenvalue weighted by Crippen LogP contribution is 2.39. The van der Waals surface area contributed by atoms with Gasteiger partial charge in [0.1, 0.15) is 12.1 Å². The number of ether oxygens (including phenoxy) is 2. The molecule has 2 aliphatic rings. The summed E-state index contributed by atoms with van der Waals surface area (Å²) >= 11 is 0. The van der Waals surface area contributed by atoms with Crippen molar-refractivity contribution < 1.29 is 19.1 Å². The highest BCUT2D eigenvalue weighted by atomic mass is 16.7. The molecule has 0 bridgehead atoms. The summed E-state index contributed by atoms with van der Waals surface area (Å²) < 4.78 is 11.0. The van der Waals surface area contributed by atoms with Crippen LogP contribution in [0, 0.1) is 11.3 Å². The standard InChI is InChI=1S/C25H27N3O4/c1-3-19(18-11-12-22-23(15-18)32-16-31-22)28-20(10-7-13-26)24(29)27(2)21(25(28)30)14-17-8-5-4-6-9-17/h4-6,8-9,11-12,15,19-21H,3,7,10,14,16H2,1-2H3/t19?,20-,21?/m0/s1. The molecular formula is C25H27N3O4. The van der Waals surface area contributed by atoms with Crippen LogP contribution in [-0.2, 0) is 16.0 Å². The molecule has 3 atom stereocenters. The molecule has 0 aliphatic carbocycles. The molecule has 0 radical (unpaired) electrons. The number of piperazine rings is 1. The Balaban J connectivity index is 1.71. The third-order valence-corrected chi connectivity index (χ3v) is 6.28. The second-order valence-corrected chi connectivity index (χ2v) is 8.15. The molecule has 0 aromatic heterocycles. The molecule has 2 unspecified atom stereocenters. The number of nitrogens with zero attached hydrogens (tertiary/aromatic N) is 3. The van der Waals surface area contributed by atoms with Gasteiger partial charge in [-0.3, -0.25) is 9.59 Å². The van der Waals surface area contributed by atoms with Gasteiger partial charge in [-0.1, -0.05) is 43.3 Å². The minimum Gasteiger partial charge on any atom is -0.454 e. The molecule has 2 aliphatic heterocycles. The van der Waals surface area contributed by atoms with Crippen LogP contribution < -0.4 is 9.47 Å². The number of hydrogen-bond acceptors (Lipinski definition) is 5. The summed E-state index contributed by atoms with van der Waals surface area (Å²) in [7, 11) is 1.69. The molecule has 0 N–H and O–H groups in total. The molecule has 0 saturated carbocycles. The first-order valence-electron chi connectivity index (χ1n) is 10.9. The van der Waals surface area contributed by atoms with Crippen molar-refractivity contribution in [3.05, 3.63) is 59.7 Å². The number of rotatable bonds is 7. The van der Waals surface area contributed by atoms with Crippen LogP contribution in [0.15, 0.2) is 48.5 Å². The normalized spacial score (nSPS) is 20.9. The maximum absolute atomic E-state index is 13.9. The third kappa shape index (κ3) is 4.01. The van der Waals surface area contributed by atoms with Gasteiger partial charge in [-0.05, 0) is 36.1 Å². The van der Waals surface area contributed by atoms with Crippen LogP contribution in [0.25, 0.3) is 0 Å². The molecule has 2 aromatic carbocycles. The molecule has 7 nitrogen and oxygen atoms in total. The summed E-state index contributed by atoms with van der Waals surface area (Å²) in [6.07, 6.45) is 1.59. The first-order chi connectivity index (χ1) is 15.5. The quantitative estimate of drug-likeness (QED) is 0.668. The highest BCUT2D eigenvalue weighted by molar-refractivity contribution is 5.97. The Hall–Kier alpha value is -3.53. The van der Waals surface area contributed by atoms with Crippen LogP contribution >= 0.6 is 0 Å². The molecule has 2 amide bonds. The predicted molar refractivity (Wildman–Crippen MR) is 118 cm³/mol. The van der Waals surface area contributed by atoms with Gasteiger partial charge in [0.2, 0.25) is 18.6 Å². The number of hydrogen-bond donors (Lipinski definition) is 0. The zero-order valence-electron chi connectivity index (χ0n) is 18.4. The maximum atomic E-state index is 13.9. The molecule has 1 fully saturated rings. The fraction of sp³-hybridized carbons (Fsp3) is 0.400. The second-order valence-electron chi connectivity index (χ2n) is 8.15. The van der Waals surface area contributed by atoms with Crippen molar-refractivity contribution >= 4 is 11.8 Å². The minimum atomic E-state index is -0.672. The first kappa shape index (κ1) is 21.7. The highest BCUT2D eigenvalue weighted by Gasteiger charge is 2.46. The lowest BCUT2D eigenvalue weighted by Crippen LogP contribution is -2.64. The van der Waals surface area contributed by atoms with Crippen molar-refractivity contribution in [2.45, 2.75) is 50.7 Å². The van der Waals surface area contributed by atoms with Crippen LogP contribution in [0.2, 0.25) is 0 Å². The number of benzene rings is 2. The number of carbonyl (C=O) groups is 2. The van der Waals surface area contributed by atoms with Crippen LogP contribution in [0.1, 0.15) is 43.4 Å². The van der Waals surface area contributed by atoms with E-state index in [4.69, 9.17) is 14.7 Å².